The Labute approximate surface area is 196 Å². The monoisotopic (exact) mass is 468 g/mol. The van der Waals surface area contributed by atoms with Gasteiger partial charge in [-0.05, 0) is 43.2 Å². The fraction of sp³-hybridized carbons (Fsp3) is 0.320. The molecule has 1 N–H and O–H groups in total. The molecule has 0 radical (unpaired) electrons. The van der Waals surface area contributed by atoms with Crippen LogP contribution in [0, 0.1) is 11.7 Å². The number of anilines is 1. The smallest absolute Gasteiger partial charge is 0.331 e. The van der Waals surface area contributed by atoms with Gasteiger partial charge >= 0.3 is 5.97 Å². The van der Waals surface area contributed by atoms with Gasteiger partial charge in [0.1, 0.15) is 11.6 Å². The molecule has 8 nitrogen and oxygen atoms in total. The predicted molar refractivity (Wildman–Crippen MR) is 121 cm³/mol. The first-order chi connectivity index (χ1) is 16.5. The van der Waals surface area contributed by atoms with E-state index < -0.39 is 18.4 Å². The number of nitrogens with zero attached hydrogens (tertiary/aromatic N) is 1. The Morgan fingerprint density at radius 1 is 1.15 bits per heavy atom. The Kier molecular flexibility index (Phi) is 7.54. The van der Waals surface area contributed by atoms with E-state index in [1.54, 1.807) is 4.90 Å². The molecular formula is C25H25FN2O6. The second kappa shape index (κ2) is 10.9. The minimum atomic E-state index is -0.726. The largest absolute Gasteiger partial charge is 0.467 e. The lowest BCUT2D eigenvalue weighted by molar-refractivity contribution is -0.149. The van der Waals surface area contributed by atoms with Gasteiger partial charge in [0.25, 0.3) is 5.91 Å². The van der Waals surface area contributed by atoms with Crippen LogP contribution in [-0.2, 0) is 30.5 Å². The summed E-state index contributed by atoms with van der Waals surface area (Å²) >= 11 is 0. The number of piperidine rings is 1. The molecule has 0 atom stereocenters. The van der Waals surface area contributed by atoms with E-state index in [0.717, 1.165) is 11.8 Å². The zero-order chi connectivity index (χ0) is 23.9. The van der Waals surface area contributed by atoms with Crippen molar-refractivity contribution in [3.05, 3.63) is 65.5 Å². The molecule has 178 valence electrons. The highest BCUT2D eigenvalue weighted by Crippen LogP contribution is 2.30. The summed E-state index contributed by atoms with van der Waals surface area (Å²) in [4.78, 5) is 38.5. The van der Waals surface area contributed by atoms with Gasteiger partial charge in [-0.3, -0.25) is 9.59 Å². The summed E-state index contributed by atoms with van der Waals surface area (Å²) in [5.41, 5.74) is 1.68. The minimum Gasteiger partial charge on any atom is -0.467 e. The van der Waals surface area contributed by atoms with E-state index in [2.05, 4.69) is 5.32 Å². The fourth-order valence-corrected chi connectivity index (χ4v) is 3.92. The van der Waals surface area contributed by atoms with E-state index in [0.29, 0.717) is 42.8 Å². The van der Waals surface area contributed by atoms with Crippen molar-refractivity contribution in [1.82, 2.24) is 4.90 Å². The number of halogens is 1. The molecular weight excluding hydrogens is 443 g/mol. The molecule has 1 saturated heterocycles. The van der Waals surface area contributed by atoms with E-state index in [4.69, 9.17) is 14.2 Å². The predicted octanol–water partition coefficient (Wildman–Crippen LogP) is 3.13. The zero-order valence-corrected chi connectivity index (χ0v) is 18.5. The first-order valence-corrected chi connectivity index (χ1v) is 11.0. The number of carbonyl (C=O) groups excluding carboxylic acids is 3. The number of ether oxygens (including phenoxy) is 3. The normalized spacial score (nSPS) is 16.0. The van der Waals surface area contributed by atoms with Crippen molar-refractivity contribution in [1.29, 1.82) is 0 Å². The Bertz CT molecular complexity index is 1080. The van der Waals surface area contributed by atoms with E-state index in [-0.39, 0.29) is 31.1 Å². The van der Waals surface area contributed by atoms with Gasteiger partial charge in [0.2, 0.25) is 5.91 Å². The van der Waals surface area contributed by atoms with Crippen LogP contribution in [0.15, 0.2) is 48.5 Å². The first-order valence-electron chi connectivity index (χ1n) is 11.0. The number of para-hydroxylation sites is 1. The van der Waals surface area contributed by atoms with Crippen molar-refractivity contribution in [2.45, 2.75) is 19.4 Å². The average molecular weight is 468 g/mol. The molecule has 1 fully saturated rings. The average Bonchev–Trinajstić information content (AvgIpc) is 2.86. The highest BCUT2D eigenvalue weighted by atomic mass is 19.1. The third kappa shape index (κ3) is 5.99. The quantitative estimate of drug-likeness (QED) is 0.517. The summed E-state index contributed by atoms with van der Waals surface area (Å²) in [5, 5.41) is 2.89. The van der Waals surface area contributed by atoms with Gasteiger partial charge in [-0.15, -0.1) is 0 Å². The zero-order valence-electron chi connectivity index (χ0n) is 18.5. The summed E-state index contributed by atoms with van der Waals surface area (Å²) in [6.07, 6.45) is 3.58. The van der Waals surface area contributed by atoms with E-state index in [9.17, 15) is 18.8 Å². The molecule has 2 aliphatic heterocycles. The topological polar surface area (TPSA) is 94.2 Å². The maximum atomic E-state index is 13.8. The van der Waals surface area contributed by atoms with Gasteiger partial charge in [0.05, 0.1) is 6.61 Å². The van der Waals surface area contributed by atoms with Crippen LogP contribution in [0.4, 0.5) is 10.1 Å². The third-order valence-corrected chi connectivity index (χ3v) is 5.70. The SMILES string of the molecule is O=C(/C=C\c1cc(F)cc2c1OCOC2)OCC(=O)N1CCC(C(=O)Nc2ccccc2)CC1. The molecule has 0 saturated carbocycles. The Morgan fingerprint density at radius 3 is 2.68 bits per heavy atom. The first kappa shape index (κ1) is 23.4. The molecule has 0 aromatic heterocycles. The van der Waals surface area contributed by atoms with Crippen LogP contribution in [-0.4, -0.2) is 49.2 Å². The molecule has 4 rings (SSSR count). The Hall–Kier alpha value is -3.72. The van der Waals surface area contributed by atoms with Crippen molar-refractivity contribution >= 4 is 29.5 Å². The fourth-order valence-electron chi connectivity index (χ4n) is 3.92. The van der Waals surface area contributed by atoms with Crippen LogP contribution in [0.2, 0.25) is 0 Å². The van der Waals surface area contributed by atoms with Crippen LogP contribution in [0.1, 0.15) is 24.0 Å². The van der Waals surface area contributed by atoms with Crippen molar-refractivity contribution in [2.24, 2.45) is 5.92 Å². The standard InChI is InChI=1S/C25H25FN2O6/c26-20-12-18(24-19(13-20)14-32-16-34-24)6-7-23(30)33-15-22(29)28-10-8-17(9-11-28)25(31)27-21-4-2-1-3-5-21/h1-7,12-13,17H,8-11,14-16H2,(H,27,31)/b7-6-. The summed E-state index contributed by atoms with van der Waals surface area (Å²) in [5.74, 6) is -1.32. The highest BCUT2D eigenvalue weighted by molar-refractivity contribution is 5.93. The third-order valence-electron chi connectivity index (χ3n) is 5.70. The highest BCUT2D eigenvalue weighted by Gasteiger charge is 2.27. The van der Waals surface area contributed by atoms with Crippen molar-refractivity contribution in [3.63, 3.8) is 0 Å². The van der Waals surface area contributed by atoms with Crippen LogP contribution in [0.5, 0.6) is 5.75 Å². The maximum absolute atomic E-state index is 13.8. The lowest BCUT2D eigenvalue weighted by Crippen LogP contribution is -2.43. The van der Waals surface area contributed by atoms with Gasteiger partial charge in [-0.25, -0.2) is 9.18 Å². The molecule has 2 amide bonds. The number of amides is 2. The van der Waals surface area contributed by atoms with Crippen LogP contribution in [0.3, 0.4) is 0 Å². The molecule has 0 aliphatic carbocycles. The molecule has 2 aromatic rings. The van der Waals surface area contributed by atoms with Crippen molar-refractivity contribution in [3.8, 4) is 5.75 Å². The van der Waals surface area contributed by atoms with Gasteiger partial charge in [-0.1, -0.05) is 18.2 Å². The summed E-state index contributed by atoms with van der Waals surface area (Å²) in [6, 6.07) is 11.8. The molecule has 34 heavy (non-hydrogen) atoms. The molecule has 0 bridgehead atoms. The summed E-state index contributed by atoms with van der Waals surface area (Å²) in [6.45, 7) is 0.679. The van der Waals surface area contributed by atoms with E-state index in [1.807, 2.05) is 30.3 Å². The second-order valence-electron chi connectivity index (χ2n) is 8.05. The number of fused-ring (bicyclic) bond motifs is 1. The van der Waals surface area contributed by atoms with E-state index in [1.165, 1.54) is 18.2 Å². The van der Waals surface area contributed by atoms with Gasteiger partial charge < -0.3 is 24.4 Å². The molecule has 0 spiro atoms. The van der Waals surface area contributed by atoms with Crippen LogP contribution in [0.25, 0.3) is 6.08 Å². The Morgan fingerprint density at radius 2 is 1.91 bits per heavy atom. The molecule has 2 aromatic carbocycles. The summed E-state index contributed by atoms with van der Waals surface area (Å²) < 4.78 is 29.4. The molecule has 9 heteroatoms. The molecule has 0 unspecified atom stereocenters. The molecule has 2 aliphatic rings. The van der Waals surface area contributed by atoms with Crippen molar-refractivity contribution < 1.29 is 33.0 Å². The number of nitrogens with one attached hydrogen (secondary N) is 1. The van der Waals surface area contributed by atoms with E-state index >= 15 is 0 Å². The lowest BCUT2D eigenvalue weighted by atomic mass is 9.95. The van der Waals surface area contributed by atoms with Crippen LogP contribution < -0.4 is 10.1 Å². The second-order valence-corrected chi connectivity index (χ2v) is 8.05. The molecule has 2 heterocycles. The number of benzene rings is 2. The van der Waals surface area contributed by atoms with Crippen LogP contribution >= 0.6 is 0 Å². The van der Waals surface area contributed by atoms with Gasteiger partial charge in [-0.2, -0.15) is 0 Å². The Balaban J connectivity index is 1.23. The summed E-state index contributed by atoms with van der Waals surface area (Å²) in [7, 11) is 0. The van der Waals surface area contributed by atoms with Crippen molar-refractivity contribution in [2.75, 3.05) is 31.8 Å². The number of rotatable bonds is 6. The number of likely N-dealkylation sites (tertiary alicyclic amines) is 1. The van der Waals surface area contributed by atoms with Gasteiger partial charge in [0, 0.05) is 41.9 Å². The number of carbonyl (C=O) groups is 3. The lowest BCUT2D eigenvalue weighted by Gasteiger charge is -2.31. The number of hydrogen-bond donors (Lipinski definition) is 1. The maximum Gasteiger partial charge on any atom is 0.331 e. The minimum absolute atomic E-state index is 0.0447. The van der Waals surface area contributed by atoms with Gasteiger partial charge in [0.15, 0.2) is 13.4 Å². The number of esters is 1. The number of hydrogen-bond acceptors (Lipinski definition) is 6.